The van der Waals surface area contributed by atoms with Gasteiger partial charge in [-0.3, -0.25) is 14.6 Å². The fourth-order valence-electron chi connectivity index (χ4n) is 4.25. The number of nitrogens with two attached hydrogens (primary N) is 2. The van der Waals surface area contributed by atoms with Crippen molar-refractivity contribution >= 4 is 11.8 Å². The Balaban J connectivity index is 1.45. The van der Waals surface area contributed by atoms with Crippen LogP contribution in [0.25, 0.3) is 0 Å². The Morgan fingerprint density at radius 1 is 1.26 bits per heavy atom. The van der Waals surface area contributed by atoms with Crippen molar-refractivity contribution in [3.8, 4) is 5.75 Å². The van der Waals surface area contributed by atoms with E-state index in [1.165, 1.54) is 19.2 Å². The summed E-state index contributed by atoms with van der Waals surface area (Å²) >= 11 is 0. The molecule has 2 aliphatic rings. The maximum Gasteiger partial charge on any atom is 0.255 e. The van der Waals surface area contributed by atoms with Crippen LogP contribution in [0.15, 0.2) is 53.9 Å². The SMILES string of the molecule is COc1ccc(F)cc1C(=O)NCc1ccc(C2NN(C3CCCOC3)C(N)=C2C(N)=O)cc1. The maximum atomic E-state index is 13.6. The number of carbonyl (C=O) groups excluding carboxylic acids is 2. The molecule has 4 rings (SSSR count). The van der Waals surface area contributed by atoms with Gasteiger partial charge >= 0.3 is 0 Å². The Kier molecular flexibility index (Phi) is 6.99. The normalized spacial score (nSPS) is 20.4. The fraction of sp³-hybridized carbons (Fsp3) is 0.333. The van der Waals surface area contributed by atoms with Crippen LogP contribution in [-0.2, 0) is 16.1 Å². The van der Waals surface area contributed by atoms with E-state index in [0.717, 1.165) is 30.0 Å². The predicted octanol–water partition coefficient (Wildman–Crippen LogP) is 1.46. The number of primary amides is 1. The molecule has 6 N–H and O–H groups in total. The highest BCUT2D eigenvalue weighted by molar-refractivity contribution is 5.97. The number of nitrogens with one attached hydrogen (secondary N) is 2. The number of rotatable bonds is 7. The largest absolute Gasteiger partial charge is 0.496 e. The van der Waals surface area contributed by atoms with Crippen LogP contribution in [0.1, 0.15) is 40.4 Å². The highest BCUT2D eigenvalue weighted by Gasteiger charge is 2.37. The number of methoxy groups -OCH3 is 1. The van der Waals surface area contributed by atoms with Gasteiger partial charge in [-0.25, -0.2) is 9.82 Å². The van der Waals surface area contributed by atoms with E-state index in [4.69, 9.17) is 20.9 Å². The van der Waals surface area contributed by atoms with E-state index in [1.807, 2.05) is 24.3 Å². The molecule has 2 amide bonds. The molecule has 180 valence electrons. The molecule has 0 aromatic heterocycles. The van der Waals surface area contributed by atoms with E-state index in [9.17, 15) is 14.0 Å². The van der Waals surface area contributed by atoms with Gasteiger partial charge in [-0.2, -0.15) is 0 Å². The lowest BCUT2D eigenvalue weighted by molar-refractivity contribution is -0.114. The molecular weight excluding hydrogens is 441 g/mol. The van der Waals surface area contributed by atoms with E-state index in [1.54, 1.807) is 5.01 Å². The van der Waals surface area contributed by atoms with Crippen molar-refractivity contribution in [3.63, 3.8) is 0 Å². The zero-order valence-electron chi connectivity index (χ0n) is 18.8. The number of hydrazine groups is 1. The van der Waals surface area contributed by atoms with Crippen LogP contribution in [0.5, 0.6) is 5.75 Å². The van der Waals surface area contributed by atoms with Crippen molar-refractivity contribution in [1.29, 1.82) is 0 Å². The van der Waals surface area contributed by atoms with Crippen molar-refractivity contribution in [2.24, 2.45) is 11.5 Å². The van der Waals surface area contributed by atoms with E-state index in [2.05, 4.69) is 10.7 Å². The third kappa shape index (κ3) is 4.82. The van der Waals surface area contributed by atoms with E-state index >= 15 is 0 Å². The summed E-state index contributed by atoms with van der Waals surface area (Å²) in [6.07, 6.45) is 1.80. The first-order valence-corrected chi connectivity index (χ1v) is 11.0. The van der Waals surface area contributed by atoms with Crippen molar-refractivity contribution in [1.82, 2.24) is 15.8 Å². The van der Waals surface area contributed by atoms with Gasteiger partial charge in [-0.15, -0.1) is 0 Å². The Hall–Kier alpha value is -3.63. The van der Waals surface area contributed by atoms with Gasteiger partial charge in [0.25, 0.3) is 5.91 Å². The molecule has 2 unspecified atom stereocenters. The first kappa shape index (κ1) is 23.5. The Morgan fingerprint density at radius 3 is 2.68 bits per heavy atom. The summed E-state index contributed by atoms with van der Waals surface area (Å²) in [6.45, 7) is 1.45. The van der Waals surface area contributed by atoms with Gasteiger partial charge in [0, 0.05) is 13.2 Å². The Bertz CT molecular complexity index is 1100. The minimum Gasteiger partial charge on any atom is -0.496 e. The molecule has 2 aliphatic heterocycles. The van der Waals surface area contributed by atoms with Crippen LogP contribution in [0, 0.1) is 5.82 Å². The Labute approximate surface area is 196 Å². The number of amides is 2. The number of benzene rings is 2. The monoisotopic (exact) mass is 469 g/mol. The predicted molar refractivity (Wildman–Crippen MR) is 123 cm³/mol. The second-order valence-electron chi connectivity index (χ2n) is 8.24. The molecule has 0 radical (unpaired) electrons. The van der Waals surface area contributed by atoms with Crippen LogP contribution >= 0.6 is 0 Å². The maximum absolute atomic E-state index is 13.6. The molecule has 10 heteroatoms. The van der Waals surface area contributed by atoms with Crippen LogP contribution < -0.4 is 26.9 Å². The average Bonchev–Trinajstić information content (AvgIpc) is 3.20. The van der Waals surface area contributed by atoms with Crippen molar-refractivity contribution in [3.05, 3.63) is 76.4 Å². The van der Waals surface area contributed by atoms with Crippen LogP contribution in [-0.4, -0.2) is 43.2 Å². The standard InChI is InChI=1S/C24H28FN5O4/c1-33-19-9-8-16(25)11-18(19)24(32)28-12-14-4-6-15(7-5-14)21-20(23(27)31)22(26)30(29-21)17-3-2-10-34-13-17/h4-9,11,17,21,29H,2-3,10,12-13,26H2,1H3,(H2,27,31)(H,28,32). The van der Waals surface area contributed by atoms with E-state index < -0.39 is 23.7 Å². The second-order valence-corrected chi connectivity index (χ2v) is 8.24. The first-order chi connectivity index (χ1) is 16.4. The third-order valence-corrected chi connectivity index (χ3v) is 6.03. The molecule has 0 saturated carbocycles. The second kappa shape index (κ2) is 10.1. The summed E-state index contributed by atoms with van der Waals surface area (Å²) in [5, 5.41) is 4.55. The van der Waals surface area contributed by atoms with Crippen LogP contribution in [0.3, 0.4) is 0 Å². The number of halogens is 1. The Morgan fingerprint density at radius 2 is 2.03 bits per heavy atom. The summed E-state index contributed by atoms with van der Waals surface area (Å²) < 4.78 is 24.3. The first-order valence-electron chi connectivity index (χ1n) is 11.0. The quantitative estimate of drug-likeness (QED) is 0.483. The summed E-state index contributed by atoms with van der Waals surface area (Å²) in [7, 11) is 1.42. The van der Waals surface area contributed by atoms with E-state index in [-0.39, 0.29) is 23.9 Å². The molecule has 0 aliphatic carbocycles. The number of hydrogen-bond donors (Lipinski definition) is 4. The van der Waals surface area contributed by atoms with Gasteiger partial charge in [-0.05, 0) is 42.2 Å². The minimum atomic E-state index is -0.588. The highest BCUT2D eigenvalue weighted by Crippen LogP contribution is 2.32. The molecule has 0 bridgehead atoms. The number of nitrogens with zero attached hydrogens (tertiary/aromatic N) is 1. The number of carbonyl (C=O) groups is 2. The number of ether oxygens (including phenoxy) is 2. The van der Waals surface area contributed by atoms with Crippen molar-refractivity contribution in [2.45, 2.75) is 31.5 Å². The zero-order chi connectivity index (χ0) is 24.2. The average molecular weight is 470 g/mol. The van der Waals surface area contributed by atoms with Gasteiger partial charge in [0.2, 0.25) is 5.91 Å². The molecule has 1 saturated heterocycles. The van der Waals surface area contributed by atoms with Gasteiger partial charge in [0.05, 0.1) is 36.9 Å². The fourth-order valence-corrected chi connectivity index (χ4v) is 4.25. The highest BCUT2D eigenvalue weighted by atomic mass is 19.1. The van der Waals surface area contributed by atoms with Gasteiger partial charge < -0.3 is 26.3 Å². The van der Waals surface area contributed by atoms with Crippen LogP contribution in [0.4, 0.5) is 4.39 Å². The smallest absolute Gasteiger partial charge is 0.255 e. The van der Waals surface area contributed by atoms with Crippen molar-refractivity contribution in [2.75, 3.05) is 20.3 Å². The lowest BCUT2D eigenvalue weighted by atomic mass is 9.98. The molecule has 2 heterocycles. The summed E-state index contributed by atoms with van der Waals surface area (Å²) in [5.41, 5.74) is 17.3. The van der Waals surface area contributed by atoms with Gasteiger partial charge in [0.15, 0.2) is 0 Å². The summed E-state index contributed by atoms with van der Waals surface area (Å²) in [5.74, 6) is -0.957. The van der Waals surface area contributed by atoms with Gasteiger partial charge in [-0.1, -0.05) is 24.3 Å². The minimum absolute atomic E-state index is 0.0161. The summed E-state index contributed by atoms with van der Waals surface area (Å²) in [4.78, 5) is 24.7. The van der Waals surface area contributed by atoms with E-state index in [0.29, 0.717) is 24.6 Å². The molecule has 2 aromatic carbocycles. The van der Waals surface area contributed by atoms with Crippen LogP contribution in [0.2, 0.25) is 0 Å². The topological polar surface area (TPSA) is 132 Å². The molecule has 9 nitrogen and oxygen atoms in total. The molecule has 2 atom stereocenters. The number of hydrogen-bond acceptors (Lipinski definition) is 7. The molecular formula is C24H28FN5O4. The lowest BCUT2D eigenvalue weighted by Gasteiger charge is -2.33. The lowest BCUT2D eigenvalue weighted by Crippen LogP contribution is -2.47. The molecule has 0 spiro atoms. The summed E-state index contributed by atoms with van der Waals surface area (Å²) in [6, 6.07) is 10.7. The van der Waals surface area contributed by atoms with Gasteiger partial charge in [0.1, 0.15) is 17.4 Å². The van der Waals surface area contributed by atoms with Crippen molar-refractivity contribution < 1.29 is 23.5 Å². The molecule has 2 aromatic rings. The third-order valence-electron chi connectivity index (χ3n) is 6.03. The molecule has 1 fully saturated rings. The molecule has 34 heavy (non-hydrogen) atoms. The zero-order valence-corrected chi connectivity index (χ0v) is 18.8.